The summed E-state index contributed by atoms with van der Waals surface area (Å²) in [5.74, 6) is 0.219. The van der Waals surface area contributed by atoms with E-state index in [0.717, 1.165) is 13.0 Å². The lowest BCUT2D eigenvalue weighted by molar-refractivity contribution is -0.0101. The monoisotopic (exact) mass is 215 g/mol. The average molecular weight is 215 g/mol. The van der Waals surface area contributed by atoms with Crippen molar-refractivity contribution in [1.82, 2.24) is 4.90 Å². The van der Waals surface area contributed by atoms with Gasteiger partial charge < -0.3 is 0 Å². The van der Waals surface area contributed by atoms with E-state index in [-0.39, 0.29) is 16.9 Å². The quantitative estimate of drug-likeness (QED) is 0.598. The van der Waals surface area contributed by atoms with E-state index in [1.807, 2.05) is 0 Å². The van der Waals surface area contributed by atoms with E-state index in [1.165, 1.54) is 0 Å². The molecule has 1 aliphatic heterocycles. The third kappa shape index (κ3) is 3.17. The van der Waals surface area contributed by atoms with E-state index < -0.39 is 6.17 Å². The molecular weight excluding hydrogens is 189 g/mol. The van der Waals surface area contributed by atoms with Gasteiger partial charge in [0.05, 0.1) is 0 Å². The predicted octanol–water partition coefficient (Wildman–Crippen LogP) is 3.49. The van der Waals surface area contributed by atoms with Gasteiger partial charge in [-0.05, 0) is 45.1 Å². The molecule has 1 fully saturated rings. The number of halogens is 1. The van der Waals surface area contributed by atoms with E-state index in [1.54, 1.807) is 0 Å². The molecule has 0 aromatic heterocycles. The molecule has 1 saturated heterocycles. The fraction of sp³-hybridized carbons (Fsp3) is 1.00. The summed E-state index contributed by atoms with van der Waals surface area (Å²) in [6.07, 6.45) is 0.319. The van der Waals surface area contributed by atoms with E-state index in [9.17, 15) is 4.39 Å². The van der Waals surface area contributed by atoms with Gasteiger partial charge in [-0.2, -0.15) is 0 Å². The highest BCUT2D eigenvalue weighted by atomic mass is 19.1. The zero-order chi connectivity index (χ0) is 11.9. The number of rotatable bonds is 0. The van der Waals surface area contributed by atoms with Crippen molar-refractivity contribution in [2.45, 2.75) is 59.7 Å². The molecule has 1 rings (SSSR count). The molecule has 1 aliphatic rings. The summed E-state index contributed by atoms with van der Waals surface area (Å²) in [6.45, 7) is 14.6. The number of likely N-dealkylation sites (tertiary alicyclic amines) is 1. The average Bonchev–Trinajstić information content (AvgIpc) is 1.99. The molecule has 0 spiro atoms. The van der Waals surface area contributed by atoms with Crippen LogP contribution in [0.4, 0.5) is 4.39 Å². The first-order chi connectivity index (χ1) is 6.62. The molecule has 0 aromatic rings. The van der Waals surface area contributed by atoms with Gasteiger partial charge in [-0.15, -0.1) is 0 Å². The van der Waals surface area contributed by atoms with Crippen molar-refractivity contribution in [2.75, 3.05) is 13.1 Å². The van der Waals surface area contributed by atoms with Crippen LogP contribution in [0.25, 0.3) is 0 Å². The van der Waals surface area contributed by atoms with Crippen LogP contribution in [-0.2, 0) is 0 Å². The second-order valence-corrected chi connectivity index (χ2v) is 6.89. The first-order valence-electron chi connectivity index (χ1n) is 6.01. The lowest BCUT2D eigenvalue weighted by atomic mass is 9.74. The largest absolute Gasteiger partial charge is 0.296 e. The smallest absolute Gasteiger partial charge is 0.116 e. The topological polar surface area (TPSA) is 3.24 Å². The maximum absolute atomic E-state index is 14.1. The van der Waals surface area contributed by atoms with Crippen molar-refractivity contribution in [1.29, 1.82) is 0 Å². The minimum Gasteiger partial charge on any atom is -0.296 e. The highest BCUT2D eigenvalue weighted by Gasteiger charge is 2.39. The Morgan fingerprint density at radius 3 is 1.93 bits per heavy atom. The minimum absolute atomic E-state index is 0.101. The zero-order valence-corrected chi connectivity index (χ0v) is 11.1. The molecule has 0 radical (unpaired) electrons. The summed E-state index contributed by atoms with van der Waals surface area (Å²) in [4.78, 5) is 2.26. The summed E-state index contributed by atoms with van der Waals surface area (Å²) in [7, 11) is 0. The third-order valence-corrected chi connectivity index (χ3v) is 3.60. The van der Waals surface area contributed by atoms with Crippen molar-refractivity contribution in [3.05, 3.63) is 0 Å². The molecule has 90 valence electrons. The Morgan fingerprint density at radius 1 is 1.07 bits per heavy atom. The van der Waals surface area contributed by atoms with Crippen molar-refractivity contribution in [3.63, 3.8) is 0 Å². The van der Waals surface area contributed by atoms with Gasteiger partial charge in [0.15, 0.2) is 0 Å². The summed E-state index contributed by atoms with van der Waals surface area (Å²) >= 11 is 0. The van der Waals surface area contributed by atoms with E-state index in [0.29, 0.717) is 6.54 Å². The number of hydrogen-bond donors (Lipinski definition) is 0. The van der Waals surface area contributed by atoms with Gasteiger partial charge in [0.1, 0.15) is 6.17 Å². The molecule has 0 bridgehead atoms. The third-order valence-electron chi connectivity index (χ3n) is 3.60. The van der Waals surface area contributed by atoms with Crippen molar-refractivity contribution >= 4 is 0 Å². The van der Waals surface area contributed by atoms with Crippen LogP contribution < -0.4 is 0 Å². The molecule has 0 aliphatic carbocycles. The van der Waals surface area contributed by atoms with Crippen molar-refractivity contribution in [3.8, 4) is 0 Å². The highest BCUT2D eigenvalue weighted by Crippen LogP contribution is 2.37. The molecular formula is C13H26FN. The fourth-order valence-electron chi connectivity index (χ4n) is 2.49. The summed E-state index contributed by atoms with van der Waals surface area (Å²) in [5.41, 5.74) is 0.205. The maximum atomic E-state index is 14.1. The van der Waals surface area contributed by atoms with Gasteiger partial charge >= 0.3 is 0 Å². The van der Waals surface area contributed by atoms with Crippen molar-refractivity contribution < 1.29 is 4.39 Å². The van der Waals surface area contributed by atoms with Crippen LogP contribution in [0.15, 0.2) is 0 Å². The van der Waals surface area contributed by atoms with E-state index >= 15 is 0 Å². The number of alkyl halides is 1. The summed E-state index contributed by atoms with van der Waals surface area (Å²) in [5, 5.41) is 0. The van der Waals surface area contributed by atoms with Gasteiger partial charge in [0, 0.05) is 12.1 Å². The van der Waals surface area contributed by atoms with Gasteiger partial charge in [0.2, 0.25) is 0 Å². The van der Waals surface area contributed by atoms with Gasteiger partial charge in [0.25, 0.3) is 0 Å². The molecule has 1 heterocycles. The molecule has 2 unspecified atom stereocenters. The second kappa shape index (κ2) is 4.04. The zero-order valence-electron chi connectivity index (χ0n) is 11.1. The minimum atomic E-state index is -0.669. The lowest BCUT2D eigenvalue weighted by Gasteiger charge is -2.46. The first kappa shape index (κ1) is 13.0. The van der Waals surface area contributed by atoms with Crippen LogP contribution in [0.3, 0.4) is 0 Å². The predicted molar refractivity (Wildman–Crippen MR) is 63.8 cm³/mol. The lowest BCUT2D eigenvalue weighted by Crippen LogP contribution is -2.52. The number of piperidine rings is 1. The summed E-state index contributed by atoms with van der Waals surface area (Å²) in [6, 6.07) is 0. The SMILES string of the molecule is CC(C)(C)C1CCN(C(C)(C)C)CC1F. The molecule has 1 nitrogen and oxygen atoms in total. The number of hydrogen-bond acceptors (Lipinski definition) is 1. The van der Waals surface area contributed by atoms with Crippen LogP contribution in [-0.4, -0.2) is 29.7 Å². The van der Waals surface area contributed by atoms with Crippen LogP contribution in [0.2, 0.25) is 0 Å². The van der Waals surface area contributed by atoms with Crippen LogP contribution in [0.1, 0.15) is 48.0 Å². The maximum Gasteiger partial charge on any atom is 0.116 e. The van der Waals surface area contributed by atoms with Gasteiger partial charge in [-0.3, -0.25) is 4.90 Å². The molecule has 2 heteroatoms. The van der Waals surface area contributed by atoms with Crippen LogP contribution in [0.5, 0.6) is 0 Å². The number of nitrogens with zero attached hydrogens (tertiary/aromatic N) is 1. The Morgan fingerprint density at radius 2 is 1.60 bits per heavy atom. The second-order valence-electron chi connectivity index (χ2n) is 6.89. The Hall–Kier alpha value is -0.110. The highest BCUT2D eigenvalue weighted by molar-refractivity contribution is 4.91. The Labute approximate surface area is 94.0 Å². The molecule has 0 saturated carbocycles. The Bertz CT molecular complexity index is 212. The van der Waals surface area contributed by atoms with Gasteiger partial charge in [-0.25, -0.2) is 4.39 Å². The fourth-order valence-corrected chi connectivity index (χ4v) is 2.49. The molecule has 2 atom stereocenters. The Balaban J connectivity index is 2.64. The van der Waals surface area contributed by atoms with E-state index in [4.69, 9.17) is 0 Å². The van der Waals surface area contributed by atoms with Crippen molar-refractivity contribution in [2.24, 2.45) is 11.3 Å². The molecule has 0 amide bonds. The van der Waals surface area contributed by atoms with Gasteiger partial charge in [-0.1, -0.05) is 20.8 Å². The van der Waals surface area contributed by atoms with Crippen LogP contribution >= 0.6 is 0 Å². The Kier molecular flexibility index (Phi) is 3.49. The molecule has 0 N–H and O–H groups in total. The normalized spacial score (nSPS) is 30.6. The first-order valence-corrected chi connectivity index (χ1v) is 6.01. The van der Waals surface area contributed by atoms with Crippen LogP contribution in [0, 0.1) is 11.3 Å². The molecule has 0 aromatic carbocycles. The standard InChI is InChI=1S/C13H26FN/c1-12(2,3)10-7-8-15(9-11(10)14)13(4,5)6/h10-11H,7-9H2,1-6H3. The molecule has 15 heavy (non-hydrogen) atoms. The van der Waals surface area contributed by atoms with E-state index in [2.05, 4.69) is 46.4 Å². The summed E-state index contributed by atoms with van der Waals surface area (Å²) < 4.78 is 14.1.